The van der Waals surface area contributed by atoms with E-state index in [4.69, 9.17) is 5.73 Å². The van der Waals surface area contributed by atoms with E-state index in [1.165, 1.54) is 37.7 Å². The zero-order valence-corrected chi connectivity index (χ0v) is 12.5. The zero-order chi connectivity index (χ0) is 14.9. The third kappa shape index (κ3) is 3.30. The van der Waals surface area contributed by atoms with Crippen molar-refractivity contribution in [3.63, 3.8) is 0 Å². The van der Waals surface area contributed by atoms with Crippen LogP contribution in [-0.4, -0.2) is 19.0 Å². The Hall–Kier alpha value is -1.32. The monoisotopic (exact) mass is 294 g/mol. The number of anilines is 2. The maximum Gasteiger partial charge on any atom is 0.251 e. The molecule has 0 spiro atoms. The summed E-state index contributed by atoms with van der Waals surface area (Å²) in [6.45, 7) is 0.788. The van der Waals surface area contributed by atoms with Crippen molar-refractivity contribution in [1.82, 2.24) is 0 Å². The molecule has 21 heavy (non-hydrogen) atoms. The first-order valence-corrected chi connectivity index (χ1v) is 8.07. The van der Waals surface area contributed by atoms with Crippen LogP contribution in [0.15, 0.2) is 18.2 Å². The van der Waals surface area contributed by atoms with Crippen molar-refractivity contribution >= 4 is 11.4 Å². The molecule has 1 aliphatic carbocycles. The van der Waals surface area contributed by atoms with E-state index in [1.807, 2.05) is 11.0 Å². The minimum atomic E-state index is -2.51. The number of nitrogens with two attached hydrogens (primary N) is 1. The van der Waals surface area contributed by atoms with Gasteiger partial charge in [-0.25, -0.2) is 8.78 Å². The lowest BCUT2D eigenvalue weighted by Crippen LogP contribution is -2.39. The van der Waals surface area contributed by atoms with Gasteiger partial charge in [0.25, 0.3) is 5.92 Å². The Kier molecular flexibility index (Phi) is 4.05. The van der Waals surface area contributed by atoms with Crippen molar-refractivity contribution < 1.29 is 8.78 Å². The fraction of sp³-hybridized carbons (Fsp3) is 0.647. The highest BCUT2D eigenvalue weighted by Gasteiger charge is 2.34. The van der Waals surface area contributed by atoms with Crippen molar-refractivity contribution in [2.75, 3.05) is 23.7 Å². The van der Waals surface area contributed by atoms with Crippen LogP contribution < -0.4 is 10.6 Å². The van der Waals surface area contributed by atoms with Gasteiger partial charge in [0.05, 0.1) is 11.4 Å². The molecule has 2 N–H and O–H groups in total. The van der Waals surface area contributed by atoms with Crippen LogP contribution in [0.4, 0.5) is 20.2 Å². The zero-order valence-electron chi connectivity index (χ0n) is 12.5. The summed E-state index contributed by atoms with van der Waals surface area (Å²) in [7, 11) is 0. The molecule has 116 valence electrons. The van der Waals surface area contributed by atoms with E-state index in [0.717, 1.165) is 5.69 Å². The van der Waals surface area contributed by atoms with Crippen LogP contribution in [0.5, 0.6) is 0 Å². The molecule has 0 unspecified atom stereocenters. The molecule has 1 aromatic carbocycles. The molecule has 2 fully saturated rings. The Balaban J connectivity index is 1.78. The highest BCUT2D eigenvalue weighted by atomic mass is 19.3. The molecular formula is C17H24F2N2. The number of benzene rings is 1. The highest BCUT2D eigenvalue weighted by Crippen LogP contribution is 2.38. The van der Waals surface area contributed by atoms with Gasteiger partial charge in [-0.2, -0.15) is 0 Å². The average molecular weight is 294 g/mol. The van der Waals surface area contributed by atoms with Crippen LogP contribution in [0.3, 0.4) is 0 Å². The Labute approximate surface area is 125 Å². The number of nitrogen functional groups attached to an aromatic ring is 1. The predicted octanol–water partition coefficient (Wildman–Crippen LogP) is 4.55. The maximum atomic E-state index is 13.3. The van der Waals surface area contributed by atoms with Gasteiger partial charge in [0.1, 0.15) is 0 Å². The summed E-state index contributed by atoms with van der Waals surface area (Å²) >= 11 is 0. The van der Waals surface area contributed by atoms with Gasteiger partial charge in [-0.05, 0) is 36.5 Å². The molecule has 0 atom stereocenters. The van der Waals surface area contributed by atoms with Crippen LogP contribution in [-0.2, 0) is 0 Å². The molecule has 0 radical (unpaired) electrons. The number of piperidine rings is 1. The summed E-state index contributed by atoms with van der Waals surface area (Å²) in [5.74, 6) is -1.89. The van der Waals surface area contributed by atoms with Gasteiger partial charge in [0, 0.05) is 25.9 Å². The van der Waals surface area contributed by atoms with Crippen molar-refractivity contribution in [2.45, 2.75) is 56.8 Å². The van der Waals surface area contributed by atoms with Crippen molar-refractivity contribution in [3.8, 4) is 0 Å². The first kappa shape index (κ1) is 14.6. The maximum absolute atomic E-state index is 13.3. The van der Waals surface area contributed by atoms with Gasteiger partial charge in [0.2, 0.25) is 0 Å². The number of hydrogen-bond acceptors (Lipinski definition) is 2. The van der Waals surface area contributed by atoms with E-state index in [-0.39, 0.29) is 12.8 Å². The summed E-state index contributed by atoms with van der Waals surface area (Å²) < 4.78 is 26.6. The van der Waals surface area contributed by atoms with Crippen LogP contribution in [0, 0.1) is 0 Å². The molecule has 1 heterocycles. The van der Waals surface area contributed by atoms with Gasteiger partial charge in [-0.3, -0.25) is 0 Å². The fourth-order valence-electron chi connectivity index (χ4n) is 3.60. The average Bonchev–Trinajstić information content (AvgIpc) is 2.49. The number of rotatable bonds is 2. The number of hydrogen-bond donors (Lipinski definition) is 1. The quantitative estimate of drug-likeness (QED) is 0.811. The summed E-state index contributed by atoms with van der Waals surface area (Å²) in [6, 6.07) is 6.22. The normalized spacial score (nSPS) is 23.2. The topological polar surface area (TPSA) is 29.3 Å². The van der Waals surface area contributed by atoms with Gasteiger partial charge < -0.3 is 10.6 Å². The number of halogens is 2. The molecule has 1 aliphatic heterocycles. The molecule has 0 amide bonds. The Morgan fingerprint density at radius 2 is 1.71 bits per heavy atom. The Morgan fingerprint density at radius 3 is 2.38 bits per heavy atom. The number of alkyl halides is 2. The van der Waals surface area contributed by atoms with E-state index in [2.05, 4.69) is 12.1 Å². The molecule has 0 aromatic heterocycles. The van der Waals surface area contributed by atoms with Gasteiger partial charge >= 0.3 is 0 Å². The van der Waals surface area contributed by atoms with Crippen LogP contribution in [0.2, 0.25) is 0 Å². The third-order valence-corrected chi connectivity index (χ3v) is 4.97. The predicted molar refractivity (Wildman–Crippen MR) is 83.1 cm³/mol. The molecular weight excluding hydrogens is 270 g/mol. The van der Waals surface area contributed by atoms with Gasteiger partial charge in [0.15, 0.2) is 0 Å². The van der Waals surface area contributed by atoms with Gasteiger partial charge in [-0.1, -0.05) is 25.3 Å². The summed E-state index contributed by atoms with van der Waals surface area (Å²) in [6.07, 6.45) is 6.25. The van der Waals surface area contributed by atoms with E-state index in [0.29, 0.717) is 24.7 Å². The standard InChI is InChI=1S/C17H24F2N2/c18-17(19)8-10-21(11-9-17)16-12-14(6-7-15(16)20)13-4-2-1-3-5-13/h6-7,12-13H,1-5,8-11,20H2. The molecule has 1 saturated heterocycles. The molecule has 2 nitrogen and oxygen atoms in total. The Bertz CT molecular complexity index is 486. The third-order valence-electron chi connectivity index (χ3n) is 4.97. The lowest BCUT2D eigenvalue weighted by molar-refractivity contribution is -0.0220. The molecule has 4 heteroatoms. The van der Waals surface area contributed by atoms with Crippen molar-refractivity contribution in [2.24, 2.45) is 0 Å². The minimum Gasteiger partial charge on any atom is -0.397 e. The summed E-state index contributed by atoms with van der Waals surface area (Å²) in [5, 5.41) is 0. The molecule has 1 saturated carbocycles. The van der Waals surface area contributed by atoms with E-state index in [9.17, 15) is 8.78 Å². The lowest BCUT2D eigenvalue weighted by atomic mass is 9.84. The second-order valence-corrected chi connectivity index (χ2v) is 6.50. The van der Waals surface area contributed by atoms with Crippen LogP contribution >= 0.6 is 0 Å². The fourth-order valence-corrected chi connectivity index (χ4v) is 3.60. The summed E-state index contributed by atoms with van der Waals surface area (Å²) in [4.78, 5) is 2.03. The minimum absolute atomic E-state index is 0.0693. The van der Waals surface area contributed by atoms with Gasteiger partial charge in [-0.15, -0.1) is 0 Å². The highest BCUT2D eigenvalue weighted by molar-refractivity contribution is 5.69. The van der Waals surface area contributed by atoms with E-state index in [1.54, 1.807) is 0 Å². The molecule has 3 rings (SSSR count). The Morgan fingerprint density at radius 1 is 1.05 bits per heavy atom. The van der Waals surface area contributed by atoms with Crippen LogP contribution in [0.25, 0.3) is 0 Å². The summed E-state index contributed by atoms with van der Waals surface area (Å²) in [5.41, 5.74) is 9.08. The van der Waals surface area contributed by atoms with Crippen molar-refractivity contribution in [3.05, 3.63) is 23.8 Å². The molecule has 2 aliphatic rings. The van der Waals surface area contributed by atoms with E-state index >= 15 is 0 Å². The second-order valence-electron chi connectivity index (χ2n) is 6.50. The van der Waals surface area contributed by atoms with Crippen molar-refractivity contribution in [1.29, 1.82) is 0 Å². The smallest absolute Gasteiger partial charge is 0.251 e. The SMILES string of the molecule is Nc1ccc(C2CCCCC2)cc1N1CCC(F)(F)CC1. The van der Waals surface area contributed by atoms with E-state index < -0.39 is 5.92 Å². The largest absolute Gasteiger partial charge is 0.397 e. The molecule has 1 aromatic rings. The lowest BCUT2D eigenvalue weighted by Gasteiger charge is -2.34. The number of nitrogens with zero attached hydrogens (tertiary/aromatic N) is 1. The first-order chi connectivity index (χ1) is 10.1. The first-order valence-electron chi connectivity index (χ1n) is 8.07. The second kappa shape index (κ2) is 5.82. The van der Waals surface area contributed by atoms with Crippen LogP contribution in [0.1, 0.15) is 56.4 Å². The molecule has 0 bridgehead atoms.